The first kappa shape index (κ1) is 16.6. The van der Waals surface area contributed by atoms with E-state index in [1.165, 1.54) is 0 Å². The van der Waals surface area contributed by atoms with E-state index < -0.39 is 5.97 Å². The van der Waals surface area contributed by atoms with Crippen LogP contribution in [0.5, 0.6) is 5.75 Å². The highest BCUT2D eigenvalue weighted by Gasteiger charge is 2.32. The first-order valence-corrected chi connectivity index (χ1v) is 7.77. The van der Waals surface area contributed by atoms with Crippen molar-refractivity contribution >= 4 is 11.7 Å². The van der Waals surface area contributed by atoms with Crippen LogP contribution < -0.4 is 9.64 Å². The van der Waals surface area contributed by atoms with Gasteiger partial charge in [0, 0.05) is 30.4 Å². The van der Waals surface area contributed by atoms with E-state index in [0.29, 0.717) is 30.0 Å². The van der Waals surface area contributed by atoms with Crippen molar-refractivity contribution in [3.8, 4) is 5.75 Å². The summed E-state index contributed by atoms with van der Waals surface area (Å²) in [5, 5.41) is 9.52. The van der Waals surface area contributed by atoms with Gasteiger partial charge < -0.3 is 19.6 Å². The van der Waals surface area contributed by atoms with E-state index in [0.717, 1.165) is 24.2 Å². The molecule has 22 heavy (non-hydrogen) atoms. The van der Waals surface area contributed by atoms with Gasteiger partial charge in [0.1, 0.15) is 12.4 Å². The summed E-state index contributed by atoms with van der Waals surface area (Å²) in [5.41, 5.74) is 2.29. The van der Waals surface area contributed by atoms with Crippen molar-refractivity contribution in [1.29, 1.82) is 0 Å². The molecule has 1 aromatic carbocycles. The first-order valence-electron chi connectivity index (χ1n) is 7.77. The van der Waals surface area contributed by atoms with Crippen LogP contribution >= 0.6 is 0 Å². The molecule has 1 aliphatic rings. The van der Waals surface area contributed by atoms with Crippen molar-refractivity contribution in [3.63, 3.8) is 0 Å². The van der Waals surface area contributed by atoms with Crippen molar-refractivity contribution in [2.75, 3.05) is 32.1 Å². The van der Waals surface area contributed by atoms with E-state index in [4.69, 9.17) is 4.74 Å². The maximum atomic E-state index is 11.6. The molecule has 5 heteroatoms. The van der Waals surface area contributed by atoms with E-state index in [-0.39, 0.29) is 0 Å². The van der Waals surface area contributed by atoms with Crippen LogP contribution in [0.25, 0.3) is 0 Å². The smallest absolute Gasteiger partial charge is 0.336 e. The largest absolute Gasteiger partial charge is 0.492 e. The number of rotatable bonds is 6. The molecule has 0 aromatic heterocycles. The Hall–Kier alpha value is -1.75. The van der Waals surface area contributed by atoms with Crippen molar-refractivity contribution in [1.82, 2.24) is 4.90 Å². The van der Waals surface area contributed by atoms with Crippen LogP contribution in [0.15, 0.2) is 12.1 Å². The quantitative estimate of drug-likeness (QED) is 0.875. The number of likely N-dealkylation sites (N-methyl/N-ethyl adjacent to an activating group) is 1. The van der Waals surface area contributed by atoms with Gasteiger partial charge in [0.25, 0.3) is 0 Å². The molecule has 5 nitrogen and oxygen atoms in total. The Balaban J connectivity index is 2.35. The lowest BCUT2D eigenvalue weighted by Gasteiger charge is -2.29. The molecule has 2 rings (SSSR count). The van der Waals surface area contributed by atoms with Crippen LogP contribution in [0, 0.1) is 0 Å². The molecule has 1 N–H and O–H groups in total. The number of hydrogen-bond donors (Lipinski definition) is 1. The zero-order valence-electron chi connectivity index (χ0n) is 14.1. The van der Waals surface area contributed by atoms with Gasteiger partial charge in [0.2, 0.25) is 0 Å². The number of carboxylic acid groups (broad SMARTS) is 1. The van der Waals surface area contributed by atoms with E-state index >= 15 is 0 Å². The summed E-state index contributed by atoms with van der Waals surface area (Å²) >= 11 is 0. The number of nitrogens with zero attached hydrogens (tertiary/aromatic N) is 2. The van der Waals surface area contributed by atoms with Crippen LogP contribution in [0.2, 0.25) is 0 Å². The number of anilines is 1. The second-order valence-electron chi connectivity index (χ2n) is 6.48. The predicted octanol–water partition coefficient (Wildman–Crippen LogP) is 2.48. The Morgan fingerprint density at radius 1 is 1.45 bits per heavy atom. The summed E-state index contributed by atoms with van der Waals surface area (Å²) in [6.07, 6.45) is 0.771. The number of ether oxygens (including phenoxy) is 1. The Bertz CT molecular complexity index is 555. The number of aromatic carboxylic acids is 1. The molecule has 0 radical (unpaired) electrons. The van der Waals surface area contributed by atoms with Gasteiger partial charge in [-0.1, -0.05) is 0 Å². The van der Waals surface area contributed by atoms with E-state index in [2.05, 4.69) is 25.7 Å². The highest BCUT2D eigenvalue weighted by Crippen LogP contribution is 2.39. The fourth-order valence-electron chi connectivity index (χ4n) is 3.11. The summed E-state index contributed by atoms with van der Waals surface area (Å²) in [5.74, 6) is -0.245. The average Bonchev–Trinajstić information content (AvgIpc) is 2.73. The fourth-order valence-corrected chi connectivity index (χ4v) is 3.11. The van der Waals surface area contributed by atoms with Gasteiger partial charge in [-0.05, 0) is 52.9 Å². The maximum absolute atomic E-state index is 11.6. The highest BCUT2D eigenvalue weighted by atomic mass is 16.5. The minimum Gasteiger partial charge on any atom is -0.492 e. The molecule has 0 aliphatic carbocycles. The highest BCUT2D eigenvalue weighted by molar-refractivity contribution is 5.93. The molecule has 0 amide bonds. The van der Waals surface area contributed by atoms with Gasteiger partial charge in [0.05, 0.1) is 5.56 Å². The minimum atomic E-state index is -0.882. The van der Waals surface area contributed by atoms with Gasteiger partial charge in [-0.15, -0.1) is 0 Å². The molecule has 0 spiro atoms. The van der Waals surface area contributed by atoms with Crippen molar-refractivity contribution in [2.45, 2.75) is 39.3 Å². The van der Waals surface area contributed by atoms with E-state index in [9.17, 15) is 9.90 Å². The van der Waals surface area contributed by atoms with Gasteiger partial charge in [0.15, 0.2) is 0 Å². The lowest BCUT2D eigenvalue weighted by atomic mass is 10.0. The Labute approximate surface area is 132 Å². The lowest BCUT2D eigenvalue weighted by molar-refractivity contribution is 0.0695. The Kier molecular flexibility index (Phi) is 4.96. The molecule has 1 aliphatic heterocycles. The number of carboxylic acids is 1. The van der Waals surface area contributed by atoms with Crippen LogP contribution in [0.3, 0.4) is 0 Å². The fraction of sp³-hybridized carbons (Fsp3) is 0.588. The van der Waals surface area contributed by atoms with Crippen molar-refractivity contribution in [2.24, 2.45) is 0 Å². The second-order valence-corrected chi connectivity index (χ2v) is 6.48. The third kappa shape index (κ3) is 3.35. The third-order valence-corrected chi connectivity index (χ3v) is 4.05. The summed E-state index contributed by atoms with van der Waals surface area (Å²) in [4.78, 5) is 15.9. The van der Waals surface area contributed by atoms with Crippen LogP contribution in [0.1, 0.15) is 36.7 Å². The topological polar surface area (TPSA) is 53.0 Å². The molecule has 0 saturated heterocycles. The van der Waals surface area contributed by atoms with E-state index in [1.807, 2.05) is 25.1 Å². The summed E-state index contributed by atoms with van der Waals surface area (Å²) in [7, 11) is 3.97. The molecular formula is C17H26N2O3. The van der Waals surface area contributed by atoms with Crippen LogP contribution in [0.4, 0.5) is 5.69 Å². The molecule has 1 heterocycles. The molecule has 122 valence electrons. The Morgan fingerprint density at radius 3 is 2.68 bits per heavy atom. The molecule has 1 atom stereocenters. The van der Waals surface area contributed by atoms with Crippen LogP contribution in [-0.4, -0.2) is 55.3 Å². The van der Waals surface area contributed by atoms with Crippen molar-refractivity contribution < 1.29 is 14.6 Å². The first-order chi connectivity index (χ1) is 10.3. The Morgan fingerprint density at radius 2 is 2.14 bits per heavy atom. The summed E-state index contributed by atoms with van der Waals surface area (Å²) < 4.78 is 5.76. The zero-order chi connectivity index (χ0) is 16.4. The van der Waals surface area contributed by atoms with Gasteiger partial charge >= 0.3 is 5.97 Å². The minimum absolute atomic E-state index is 0.310. The molecule has 0 saturated carbocycles. The summed E-state index contributed by atoms with van der Waals surface area (Å²) in [6, 6.07) is 4.29. The number of fused-ring (bicyclic) bond motifs is 1. The monoisotopic (exact) mass is 306 g/mol. The van der Waals surface area contributed by atoms with Crippen molar-refractivity contribution in [3.05, 3.63) is 23.3 Å². The molecule has 0 bridgehead atoms. The number of carbonyl (C=O) groups is 1. The third-order valence-electron chi connectivity index (χ3n) is 4.05. The van der Waals surface area contributed by atoms with Gasteiger partial charge in [-0.3, -0.25) is 0 Å². The second kappa shape index (κ2) is 6.57. The maximum Gasteiger partial charge on any atom is 0.336 e. The summed E-state index contributed by atoms with van der Waals surface area (Å²) in [6.45, 7) is 7.74. The number of hydrogen-bond acceptors (Lipinski definition) is 4. The predicted molar refractivity (Wildman–Crippen MR) is 88.2 cm³/mol. The molecule has 1 unspecified atom stereocenters. The van der Waals surface area contributed by atoms with Gasteiger partial charge in [-0.25, -0.2) is 4.79 Å². The standard InChI is InChI=1S/C17H26N2O3/c1-11(2)19-12(3)8-14-15(17(20)21)9-13(10-16(14)19)22-7-6-18(4)5/h9-12H,6-8H2,1-5H3,(H,20,21). The molecule has 0 fully saturated rings. The van der Waals surface area contributed by atoms with E-state index in [1.54, 1.807) is 6.07 Å². The van der Waals surface area contributed by atoms with Crippen LogP contribution in [-0.2, 0) is 6.42 Å². The number of benzene rings is 1. The normalized spacial score (nSPS) is 17.2. The lowest BCUT2D eigenvalue weighted by Crippen LogP contribution is -2.35. The SMILES string of the molecule is CC(C)N1c2cc(OCCN(C)C)cc(C(=O)O)c2CC1C. The molecular weight excluding hydrogens is 280 g/mol. The molecule has 1 aromatic rings. The zero-order valence-corrected chi connectivity index (χ0v) is 14.1. The average molecular weight is 306 g/mol. The van der Waals surface area contributed by atoms with Gasteiger partial charge in [-0.2, -0.15) is 0 Å².